The van der Waals surface area contributed by atoms with Gasteiger partial charge in [0.2, 0.25) is 0 Å². The van der Waals surface area contributed by atoms with Crippen LogP contribution in [0.15, 0.2) is 48.5 Å². The highest BCUT2D eigenvalue weighted by atomic mass is 19.1. The third-order valence-electron chi connectivity index (χ3n) is 2.97. The van der Waals surface area contributed by atoms with Crippen LogP contribution >= 0.6 is 0 Å². The molecule has 0 unspecified atom stereocenters. The monoisotopic (exact) mass is 286 g/mol. The lowest BCUT2D eigenvalue weighted by molar-refractivity contribution is 0.104. The molecule has 21 heavy (non-hydrogen) atoms. The number of ketones is 1. The summed E-state index contributed by atoms with van der Waals surface area (Å²) >= 11 is 0. The van der Waals surface area contributed by atoms with Gasteiger partial charge >= 0.3 is 0 Å². The maximum Gasteiger partial charge on any atom is 0.193 e. The van der Waals surface area contributed by atoms with Gasteiger partial charge in [-0.2, -0.15) is 0 Å². The number of hydrogen-bond donors (Lipinski definition) is 0. The summed E-state index contributed by atoms with van der Waals surface area (Å²) in [6.07, 6.45) is 3.03. The number of halogens is 1. The number of allylic oxidation sites excluding steroid dienone is 1. The molecule has 0 aliphatic carbocycles. The lowest BCUT2D eigenvalue weighted by atomic mass is 10.1. The fourth-order valence-corrected chi connectivity index (χ4v) is 1.92. The Hall–Kier alpha value is -2.62. The van der Waals surface area contributed by atoms with Gasteiger partial charge in [0.25, 0.3) is 0 Å². The van der Waals surface area contributed by atoms with Crippen LogP contribution in [-0.2, 0) is 0 Å². The fraction of sp³-hybridized carbons (Fsp3) is 0.118. The number of benzene rings is 2. The van der Waals surface area contributed by atoms with Crippen LogP contribution in [0.1, 0.15) is 15.9 Å². The first kappa shape index (κ1) is 14.8. The summed E-state index contributed by atoms with van der Waals surface area (Å²) in [5, 5.41) is 0. The first-order chi connectivity index (χ1) is 10.2. The highest BCUT2D eigenvalue weighted by Crippen LogP contribution is 2.29. The quantitative estimate of drug-likeness (QED) is 0.620. The van der Waals surface area contributed by atoms with Gasteiger partial charge in [-0.3, -0.25) is 4.79 Å². The van der Waals surface area contributed by atoms with Crippen molar-refractivity contribution < 1.29 is 18.7 Å². The van der Waals surface area contributed by atoms with Crippen LogP contribution in [0.2, 0.25) is 0 Å². The molecule has 0 fully saturated rings. The second-order valence-electron chi connectivity index (χ2n) is 4.29. The first-order valence-electron chi connectivity index (χ1n) is 6.34. The van der Waals surface area contributed by atoms with Gasteiger partial charge in [-0.1, -0.05) is 24.3 Å². The molecule has 0 spiro atoms. The number of ether oxygens (including phenoxy) is 2. The van der Waals surface area contributed by atoms with E-state index in [0.717, 1.165) is 5.56 Å². The lowest BCUT2D eigenvalue weighted by Gasteiger charge is -2.10. The Morgan fingerprint density at radius 1 is 1.00 bits per heavy atom. The Kier molecular flexibility index (Phi) is 4.72. The Bertz CT molecular complexity index is 638. The smallest absolute Gasteiger partial charge is 0.193 e. The van der Waals surface area contributed by atoms with E-state index in [-0.39, 0.29) is 11.6 Å². The maximum atomic E-state index is 12.8. The number of rotatable bonds is 5. The molecule has 0 aliphatic heterocycles. The summed E-state index contributed by atoms with van der Waals surface area (Å²) < 4.78 is 23.2. The van der Waals surface area contributed by atoms with Crippen molar-refractivity contribution in [1.82, 2.24) is 0 Å². The number of methoxy groups -OCH3 is 2. The minimum absolute atomic E-state index is 0.242. The topological polar surface area (TPSA) is 35.5 Å². The molecule has 0 aliphatic rings. The molecule has 2 aromatic rings. The molecule has 0 radical (unpaired) electrons. The molecule has 0 atom stereocenters. The molecule has 4 heteroatoms. The SMILES string of the molecule is COc1cccc(OC)c1C(=O)/C=C/c1ccc(F)cc1. The van der Waals surface area contributed by atoms with E-state index in [0.29, 0.717) is 17.1 Å². The molecule has 0 N–H and O–H groups in total. The van der Waals surface area contributed by atoms with Gasteiger partial charge in [0, 0.05) is 0 Å². The third kappa shape index (κ3) is 3.48. The summed E-state index contributed by atoms with van der Waals surface area (Å²) in [5.41, 5.74) is 1.10. The molecule has 0 saturated heterocycles. The van der Waals surface area contributed by atoms with Gasteiger partial charge < -0.3 is 9.47 Å². The van der Waals surface area contributed by atoms with Gasteiger partial charge in [0.1, 0.15) is 22.9 Å². The highest BCUT2D eigenvalue weighted by Gasteiger charge is 2.15. The fourth-order valence-electron chi connectivity index (χ4n) is 1.92. The predicted molar refractivity (Wildman–Crippen MR) is 79.3 cm³/mol. The van der Waals surface area contributed by atoms with Gasteiger partial charge in [0.05, 0.1) is 14.2 Å². The average molecular weight is 286 g/mol. The summed E-state index contributed by atoms with van der Waals surface area (Å²) in [4.78, 5) is 12.3. The van der Waals surface area contributed by atoms with Gasteiger partial charge in [-0.15, -0.1) is 0 Å². The van der Waals surface area contributed by atoms with Crippen LogP contribution in [0, 0.1) is 5.82 Å². The van der Waals surface area contributed by atoms with E-state index in [1.165, 1.54) is 32.4 Å². The second-order valence-corrected chi connectivity index (χ2v) is 4.29. The van der Waals surface area contributed by atoms with Crippen molar-refractivity contribution in [2.75, 3.05) is 14.2 Å². The molecular formula is C17H15FO3. The largest absolute Gasteiger partial charge is 0.496 e. The molecule has 0 bridgehead atoms. The normalized spacial score (nSPS) is 10.6. The Balaban J connectivity index is 2.30. The molecule has 0 aromatic heterocycles. The van der Waals surface area contributed by atoms with Crippen molar-refractivity contribution in [1.29, 1.82) is 0 Å². The van der Waals surface area contributed by atoms with E-state index in [1.807, 2.05) is 0 Å². The standard InChI is InChI=1S/C17H15FO3/c1-20-15-4-3-5-16(21-2)17(15)14(19)11-8-12-6-9-13(18)10-7-12/h3-11H,1-2H3/b11-8+. The van der Waals surface area contributed by atoms with Crippen LogP contribution in [0.5, 0.6) is 11.5 Å². The minimum atomic E-state index is -0.315. The molecule has 0 saturated carbocycles. The molecule has 0 amide bonds. The zero-order valence-electron chi connectivity index (χ0n) is 11.8. The second kappa shape index (κ2) is 6.70. The zero-order valence-corrected chi connectivity index (χ0v) is 11.8. The van der Waals surface area contributed by atoms with Crippen LogP contribution in [0.4, 0.5) is 4.39 Å². The Morgan fingerprint density at radius 2 is 1.57 bits per heavy atom. The van der Waals surface area contributed by atoms with Gasteiger partial charge in [-0.25, -0.2) is 4.39 Å². The lowest BCUT2D eigenvalue weighted by Crippen LogP contribution is -2.02. The maximum absolute atomic E-state index is 12.8. The first-order valence-corrected chi connectivity index (χ1v) is 6.34. The van der Waals surface area contributed by atoms with E-state index in [1.54, 1.807) is 36.4 Å². The van der Waals surface area contributed by atoms with Gasteiger partial charge in [0.15, 0.2) is 5.78 Å². The van der Waals surface area contributed by atoms with E-state index in [2.05, 4.69) is 0 Å². The van der Waals surface area contributed by atoms with Gasteiger partial charge in [-0.05, 0) is 35.9 Å². The molecule has 0 heterocycles. The van der Waals surface area contributed by atoms with Crippen molar-refractivity contribution >= 4 is 11.9 Å². The van der Waals surface area contributed by atoms with Crippen molar-refractivity contribution in [3.63, 3.8) is 0 Å². The van der Waals surface area contributed by atoms with Crippen LogP contribution < -0.4 is 9.47 Å². The zero-order chi connectivity index (χ0) is 15.2. The third-order valence-corrected chi connectivity index (χ3v) is 2.97. The van der Waals surface area contributed by atoms with Crippen LogP contribution in [0.25, 0.3) is 6.08 Å². The predicted octanol–water partition coefficient (Wildman–Crippen LogP) is 3.74. The van der Waals surface area contributed by atoms with Crippen molar-refractivity contribution in [3.05, 3.63) is 65.5 Å². The molecule has 3 nitrogen and oxygen atoms in total. The minimum Gasteiger partial charge on any atom is -0.496 e. The highest BCUT2D eigenvalue weighted by molar-refractivity contribution is 6.10. The van der Waals surface area contributed by atoms with E-state index in [9.17, 15) is 9.18 Å². The summed E-state index contributed by atoms with van der Waals surface area (Å²) in [6, 6.07) is 11.0. The van der Waals surface area contributed by atoms with E-state index in [4.69, 9.17) is 9.47 Å². The Morgan fingerprint density at radius 3 is 2.10 bits per heavy atom. The van der Waals surface area contributed by atoms with E-state index >= 15 is 0 Å². The number of hydrogen-bond acceptors (Lipinski definition) is 3. The average Bonchev–Trinajstić information content (AvgIpc) is 2.53. The van der Waals surface area contributed by atoms with E-state index < -0.39 is 0 Å². The molecule has 2 aromatic carbocycles. The molecule has 108 valence electrons. The van der Waals surface area contributed by atoms with Crippen LogP contribution in [0.3, 0.4) is 0 Å². The van der Waals surface area contributed by atoms with Crippen LogP contribution in [-0.4, -0.2) is 20.0 Å². The Labute approximate surface area is 122 Å². The summed E-state index contributed by atoms with van der Waals surface area (Å²) in [7, 11) is 2.99. The number of carbonyl (C=O) groups is 1. The summed E-state index contributed by atoms with van der Waals surface area (Å²) in [6.45, 7) is 0. The molecular weight excluding hydrogens is 271 g/mol. The molecule has 2 rings (SSSR count). The summed E-state index contributed by atoms with van der Waals surface area (Å²) in [5.74, 6) is 0.338. The van der Waals surface area contributed by atoms with Crippen molar-refractivity contribution in [2.45, 2.75) is 0 Å². The number of carbonyl (C=O) groups excluding carboxylic acids is 1. The van der Waals surface area contributed by atoms with Crippen molar-refractivity contribution in [2.24, 2.45) is 0 Å². The van der Waals surface area contributed by atoms with Crippen molar-refractivity contribution in [3.8, 4) is 11.5 Å².